The number of nitriles is 1. The maximum atomic E-state index is 11.2. The van der Waals surface area contributed by atoms with Crippen molar-refractivity contribution in [3.05, 3.63) is 33.9 Å². The number of hydrogen-bond acceptors (Lipinski definition) is 5. The molecule has 1 aromatic carbocycles. The highest BCUT2D eigenvalue weighted by molar-refractivity contribution is 5.94. The molecule has 1 rings (SSSR count). The van der Waals surface area contributed by atoms with E-state index in [1.54, 1.807) is 4.90 Å². The SMILES string of the molecule is CC(C)CN(CCC#N)c1ccc(C(N)=O)cc1[N+](=O)[O-]. The predicted molar refractivity (Wildman–Crippen MR) is 78.9 cm³/mol. The molecule has 21 heavy (non-hydrogen) atoms. The summed E-state index contributed by atoms with van der Waals surface area (Å²) in [6.45, 7) is 4.95. The number of nitrogens with zero attached hydrogens (tertiary/aromatic N) is 3. The minimum Gasteiger partial charge on any atom is -0.366 e. The van der Waals surface area contributed by atoms with Crippen LogP contribution in [0.4, 0.5) is 11.4 Å². The summed E-state index contributed by atoms with van der Waals surface area (Å²) in [5.74, 6) is -0.434. The molecular weight excluding hydrogens is 272 g/mol. The molecule has 0 saturated heterocycles. The van der Waals surface area contributed by atoms with E-state index in [9.17, 15) is 14.9 Å². The number of carbonyl (C=O) groups is 1. The zero-order valence-corrected chi connectivity index (χ0v) is 12.1. The van der Waals surface area contributed by atoms with Gasteiger partial charge in [0.15, 0.2) is 0 Å². The summed E-state index contributed by atoms with van der Waals surface area (Å²) in [5.41, 5.74) is 5.47. The highest BCUT2D eigenvalue weighted by Gasteiger charge is 2.21. The largest absolute Gasteiger partial charge is 0.366 e. The van der Waals surface area contributed by atoms with Crippen LogP contribution in [0, 0.1) is 27.4 Å². The molecule has 1 amide bonds. The van der Waals surface area contributed by atoms with E-state index < -0.39 is 10.8 Å². The Kier molecular flexibility index (Phi) is 5.67. The Morgan fingerprint density at radius 1 is 1.52 bits per heavy atom. The van der Waals surface area contributed by atoms with Crippen LogP contribution >= 0.6 is 0 Å². The van der Waals surface area contributed by atoms with Crippen LogP contribution < -0.4 is 10.6 Å². The molecule has 0 radical (unpaired) electrons. The molecule has 7 heteroatoms. The molecule has 0 aliphatic carbocycles. The number of nitro benzene ring substituents is 1. The summed E-state index contributed by atoms with van der Waals surface area (Å²) in [7, 11) is 0. The monoisotopic (exact) mass is 290 g/mol. The Morgan fingerprint density at radius 2 is 2.19 bits per heavy atom. The van der Waals surface area contributed by atoms with Gasteiger partial charge in [0.1, 0.15) is 5.69 Å². The summed E-state index contributed by atoms with van der Waals surface area (Å²) in [4.78, 5) is 23.6. The molecule has 0 aliphatic rings. The van der Waals surface area contributed by atoms with E-state index in [0.717, 1.165) is 0 Å². The number of nitro groups is 1. The molecule has 0 unspecified atom stereocenters. The third kappa shape index (κ3) is 4.45. The second-order valence-electron chi connectivity index (χ2n) is 5.07. The van der Waals surface area contributed by atoms with Crippen LogP contribution in [-0.4, -0.2) is 23.9 Å². The summed E-state index contributed by atoms with van der Waals surface area (Å²) < 4.78 is 0. The van der Waals surface area contributed by atoms with Gasteiger partial charge in [-0.15, -0.1) is 0 Å². The maximum absolute atomic E-state index is 11.2. The maximum Gasteiger partial charge on any atom is 0.293 e. The number of carbonyl (C=O) groups excluding carboxylic acids is 1. The topological polar surface area (TPSA) is 113 Å². The predicted octanol–water partition coefficient (Wildman–Crippen LogP) is 2.07. The number of primary amides is 1. The lowest BCUT2D eigenvalue weighted by molar-refractivity contribution is -0.384. The van der Waals surface area contributed by atoms with Crippen molar-refractivity contribution in [3.63, 3.8) is 0 Å². The Balaban J connectivity index is 3.25. The van der Waals surface area contributed by atoms with E-state index in [-0.39, 0.29) is 23.6 Å². The van der Waals surface area contributed by atoms with E-state index in [1.807, 2.05) is 19.9 Å². The minimum atomic E-state index is -0.711. The zero-order valence-electron chi connectivity index (χ0n) is 12.1. The first-order valence-electron chi connectivity index (χ1n) is 6.57. The number of benzene rings is 1. The molecule has 1 aromatic rings. The zero-order chi connectivity index (χ0) is 16.0. The molecule has 0 saturated carbocycles. The van der Waals surface area contributed by atoms with Crippen molar-refractivity contribution in [2.75, 3.05) is 18.0 Å². The number of rotatable bonds is 7. The fraction of sp³-hybridized carbons (Fsp3) is 0.429. The van der Waals surface area contributed by atoms with Gasteiger partial charge in [-0.1, -0.05) is 13.8 Å². The number of nitrogens with two attached hydrogens (primary N) is 1. The first-order chi connectivity index (χ1) is 9.86. The first-order valence-corrected chi connectivity index (χ1v) is 6.57. The summed E-state index contributed by atoms with van der Waals surface area (Å²) in [6.07, 6.45) is 0.265. The van der Waals surface area contributed by atoms with Crippen molar-refractivity contribution in [2.24, 2.45) is 11.7 Å². The van der Waals surface area contributed by atoms with Crippen LogP contribution in [0.5, 0.6) is 0 Å². The quantitative estimate of drug-likeness (QED) is 0.610. The third-order valence-electron chi connectivity index (χ3n) is 2.88. The van der Waals surface area contributed by atoms with Crippen LogP contribution in [0.1, 0.15) is 30.6 Å². The number of amides is 1. The molecular formula is C14H18N4O3. The van der Waals surface area contributed by atoms with Crippen molar-refractivity contribution >= 4 is 17.3 Å². The van der Waals surface area contributed by atoms with E-state index in [1.165, 1.54) is 18.2 Å². The lowest BCUT2D eigenvalue weighted by atomic mass is 10.1. The van der Waals surface area contributed by atoms with E-state index in [0.29, 0.717) is 18.8 Å². The third-order valence-corrected chi connectivity index (χ3v) is 2.88. The van der Waals surface area contributed by atoms with Gasteiger partial charge in [0.2, 0.25) is 5.91 Å². The standard InChI is InChI=1S/C14H18N4O3/c1-10(2)9-17(7-3-6-15)12-5-4-11(14(16)19)8-13(12)18(20)21/h4-5,8,10H,3,7,9H2,1-2H3,(H2,16,19). The summed E-state index contributed by atoms with van der Waals surface area (Å²) in [6, 6.07) is 6.19. The van der Waals surface area contributed by atoms with Crippen LogP contribution in [-0.2, 0) is 0 Å². The first kappa shape index (κ1) is 16.4. The molecule has 7 nitrogen and oxygen atoms in total. The van der Waals surface area contributed by atoms with Gasteiger partial charge in [-0.3, -0.25) is 14.9 Å². The highest BCUT2D eigenvalue weighted by atomic mass is 16.6. The summed E-state index contributed by atoms with van der Waals surface area (Å²) in [5, 5.41) is 19.9. The van der Waals surface area contributed by atoms with Crippen LogP contribution in [0.25, 0.3) is 0 Å². The summed E-state index contributed by atoms with van der Waals surface area (Å²) >= 11 is 0. The van der Waals surface area contributed by atoms with Crippen molar-refractivity contribution in [2.45, 2.75) is 20.3 Å². The molecule has 112 valence electrons. The van der Waals surface area contributed by atoms with Gasteiger partial charge in [-0.2, -0.15) is 5.26 Å². The Hall–Kier alpha value is -2.62. The molecule has 0 fully saturated rings. The Labute approximate surface area is 123 Å². The smallest absolute Gasteiger partial charge is 0.293 e. The van der Waals surface area contributed by atoms with Gasteiger partial charge in [0, 0.05) is 24.7 Å². The normalized spacial score (nSPS) is 10.2. The second kappa shape index (κ2) is 7.24. The van der Waals surface area contributed by atoms with Gasteiger partial charge in [0.05, 0.1) is 17.4 Å². The Bertz CT molecular complexity index is 578. The lowest BCUT2D eigenvalue weighted by Gasteiger charge is -2.25. The highest BCUT2D eigenvalue weighted by Crippen LogP contribution is 2.30. The number of hydrogen-bond donors (Lipinski definition) is 1. The molecule has 0 atom stereocenters. The average Bonchev–Trinajstić information content (AvgIpc) is 2.42. The van der Waals surface area contributed by atoms with Gasteiger partial charge >= 0.3 is 0 Å². The van der Waals surface area contributed by atoms with Gasteiger partial charge < -0.3 is 10.6 Å². The van der Waals surface area contributed by atoms with Crippen molar-refractivity contribution < 1.29 is 9.72 Å². The molecule has 0 aliphatic heterocycles. The van der Waals surface area contributed by atoms with Crippen LogP contribution in [0.15, 0.2) is 18.2 Å². The van der Waals surface area contributed by atoms with Crippen LogP contribution in [0.3, 0.4) is 0 Å². The number of anilines is 1. The second-order valence-corrected chi connectivity index (χ2v) is 5.07. The molecule has 2 N–H and O–H groups in total. The lowest BCUT2D eigenvalue weighted by Crippen LogP contribution is -2.29. The Morgan fingerprint density at radius 3 is 2.67 bits per heavy atom. The fourth-order valence-corrected chi connectivity index (χ4v) is 2.03. The minimum absolute atomic E-state index is 0.0928. The van der Waals surface area contributed by atoms with Crippen molar-refractivity contribution in [3.8, 4) is 6.07 Å². The molecule has 0 aromatic heterocycles. The van der Waals surface area contributed by atoms with Crippen LogP contribution in [0.2, 0.25) is 0 Å². The molecule has 0 bridgehead atoms. The van der Waals surface area contributed by atoms with E-state index >= 15 is 0 Å². The van der Waals surface area contributed by atoms with E-state index in [2.05, 4.69) is 0 Å². The molecule has 0 heterocycles. The molecule has 0 spiro atoms. The fourth-order valence-electron chi connectivity index (χ4n) is 2.03. The van der Waals surface area contributed by atoms with Gasteiger partial charge in [0.25, 0.3) is 5.69 Å². The van der Waals surface area contributed by atoms with Crippen molar-refractivity contribution in [1.29, 1.82) is 5.26 Å². The average molecular weight is 290 g/mol. The van der Waals surface area contributed by atoms with Crippen molar-refractivity contribution in [1.82, 2.24) is 0 Å². The van der Waals surface area contributed by atoms with Gasteiger partial charge in [-0.05, 0) is 18.1 Å². The van der Waals surface area contributed by atoms with Gasteiger partial charge in [-0.25, -0.2) is 0 Å². The van der Waals surface area contributed by atoms with E-state index in [4.69, 9.17) is 11.0 Å².